The van der Waals surface area contributed by atoms with E-state index in [-0.39, 0.29) is 24.4 Å². The number of ether oxygens (including phenoxy) is 1. The third-order valence-electron chi connectivity index (χ3n) is 4.26. The standard InChI is InChI=1S/C16H20N6O3/c17-14(24)10-1-3-12(4-2-10)25-9-13(23)22-7-5-11(6-8-22)15-19-16(18)21-20-15/h1-4,11H,5-9H2,(H2,17,24)(H3,18,19,20,21). The predicted octanol–water partition coefficient (Wildman–Crippen LogP) is 0.271. The highest BCUT2D eigenvalue weighted by molar-refractivity contribution is 5.92. The molecule has 0 aliphatic carbocycles. The summed E-state index contributed by atoms with van der Waals surface area (Å²) in [4.78, 5) is 29.2. The van der Waals surface area contributed by atoms with Crippen LogP contribution < -0.4 is 16.2 Å². The van der Waals surface area contributed by atoms with Gasteiger partial charge in [0.15, 0.2) is 6.61 Å². The van der Waals surface area contributed by atoms with Crippen LogP contribution in [0, 0.1) is 0 Å². The molecular weight excluding hydrogens is 324 g/mol. The van der Waals surface area contributed by atoms with Crippen LogP contribution in [0.3, 0.4) is 0 Å². The highest BCUT2D eigenvalue weighted by Crippen LogP contribution is 2.25. The summed E-state index contributed by atoms with van der Waals surface area (Å²) >= 11 is 0. The van der Waals surface area contributed by atoms with Gasteiger partial charge in [0.2, 0.25) is 11.9 Å². The summed E-state index contributed by atoms with van der Waals surface area (Å²) in [5, 5.41) is 6.67. The molecule has 0 radical (unpaired) electrons. The topological polar surface area (TPSA) is 140 Å². The lowest BCUT2D eigenvalue weighted by molar-refractivity contribution is -0.134. The van der Waals surface area contributed by atoms with Crippen molar-refractivity contribution < 1.29 is 14.3 Å². The zero-order chi connectivity index (χ0) is 17.8. The lowest BCUT2D eigenvalue weighted by Crippen LogP contribution is -2.40. The van der Waals surface area contributed by atoms with E-state index in [1.807, 2.05) is 0 Å². The van der Waals surface area contributed by atoms with E-state index in [0.29, 0.717) is 24.4 Å². The van der Waals surface area contributed by atoms with Gasteiger partial charge in [-0.05, 0) is 37.1 Å². The van der Waals surface area contributed by atoms with Crippen molar-refractivity contribution in [1.29, 1.82) is 0 Å². The first-order chi connectivity index (χ1) is 12.0. The van der Waals surface area contributed by atoms with E-state index < -0.39 is 5.91 Å². The molecule has 9 nitrogen and oxygen atoms in total. The first-order valence-electron chi connectivity index (χ1n) is 8.01. The van der Waals surface area contributed by atoms with E-state index >= 15 is 0 Å². The van der Waals surface area contributed by atoms with Crippen molar-refractivity contribution >= 4 is 17.8 Å². The fourth-order valence-electron chi connectivity index (χ4n) is 2.82. The summed E-state index contributed by atoms with van der Waals surface area (Å²) in [6.07, 6.45) is 1.60. The number of benzene rings is 1. The first-order valence-corrected chi connectivity index (χ1v) is 8.01. The Morgan fingerprint density at radius 2 is 1.92 bits per heavy atom. The van der Waals surface area contributed by atoms with E-state index in [4.69, 9.17) is 16.2 Å². The van der Waals surface area contributed by atoms with E-state index in [1.165, 1.54) is 0 Å². The predicted molar refractivity (Wildman–Crippen MR) is 89.8 cm³/mol. The molecule has 1 fully saturated rings. The van der Waals surface area contributed by atoms with Crippen molar-refractivity contribution in [3.8, 4) is 5.75 Å². The second kappa shape index (κ2) is 7.20. The molecule has 0 unspecified atom stereocenters. The van der Waals surface area contributed by atoms with Gasteiger partial charge in [-0.3, -0.25) is 14.7 Å². The largest absolute Gasteiger partial charge is 0.484 e. The average molecular weight is 344 g/mol. The van der Waals surface area contributed by atoms with Gasteiger partial charge < -0.3 is 21.1 Å². The summed E-state index contributed by atoms with van der Waals surface area (Å²) in [7, 11) is 0. The normalized spacial score (nSPS) is 15.1. The smallest absolute Gasteiger partial charge is 0.260 e. The first kappa shape index (κ1) is 16.7. The van der Waals surface area contributed by atoms with Gasteiger partial charge in [0.25, 0.3) is 5.91 Å². The van der Waals surface area contributed by atoms with E-state index in [0.717, 1.165) is 18.7 Å². The van der Waals surface area contributed by atoms with Crippen LogP contribution in [0.2, 0.25) is 0 Å². The maximum atomic E-state index is 12.3. The summed E-state index contributed by atoms with van der Waals surface area (Å²) in [6.45, 7) is 1.22. The minimum absolute atomic E-state index is 0.0458. The van der Waals surface area contributed by atoms with Gasteiger partial charge in [0.05, 0.1) is 0 Å². The number of hydrogen-bond donors (Lipinski definition) is 3. The number of carbonyl (C=O) groups excluding carboxylic acids is 2. The molecule has 2 aromatic rings. The molecule has 1 aliphatic rings. The molecule has 0 atom stereocenters. The quantitative estimate of drug-likeness (QED) is 0.711. The Morgan fingerprint density at radius 1 is 1.24 bits per heavy atom. The Morgan fingerprint density at radius 3 is 2.48 bits per heavy atom. The minimum atomic E-state index is -0.501. The van der Waals surface area contributed by atoms with Crippen molar-refractivity contribution in [2.24, 2.45) is 5.73 Å². The van der Waals surface area contributed by atoms with Gasteiger partial charge in [-0.2, -0.15) is 4.98 Å². The molecule has 0 bridgehead atoms. The van der Waals surface area contributed by atoms with Crippen LogP contribution in [0.15, 0.2) is 24.3 Å². The maximum absolute atomic E-state index is 12.3. The number of piperidine rings is 1. The molecule has 25 heavy (non-hydrogen) atoms. The van der Waals surface area contributed by atoms with Crippen molar-refractivity contribution in [1.82, 2.24) is 20.1 Å². The Balaban J connectivity index is 1.47. The van der Waals surface area contributed by atoms with Crippen molar-refractivity contribution in [2.45, 2.75) is 18.8 Å². The van der Waals surface area contributed by atoms with E-state index in [9.17, 15) is 9.59 Å². The second-order valence-electron chi connectivity index (χ2n) is 5.91. The summed E-state index contributed by atoms with van der Waals surface area (Å²) in [5.74, 6) is 1.19. The summed E-state index contributed by atoms with van der Waals surface area (Å²) in [5.41, 5.74) is 11.1. The number of nitrogens with zero attached hydrogens (tertiary/aromatic N) is 3. The number of likely N-dealkylation sites (tertiary alicyclic amines) is 1. The van der Waals surface area contributed by atoms with Crippen LogP contribution in [0.5, 0.6) is 5.75 Å². The zero-order valence-corrected chi connectivity index (χ0v) is 13.6. The van der Waals surface area contributed by atoms with Crippen molar-refractivity contribution in [2.75, 3.05) is 25.4 Å². The zero-order valence-electron chi connectivity index (χ0n) is 13.6. The molecule has 9 heteroatoms. The molecule has 1 aromatic carbocycles. The number of aromatic nitrogens is 3. The Hall–Kier alpha value is -3.10. The molecule has 0 spiro atoms. The van der Waals surface area contributed by atoms with Gasteiger partial charge in [-0.1, -0.05) is 0 Å². The number of carbonyl (C=O) groups is 2. The fourth-order valence-corrected chi connectivity index (χ4v) is 2.82. The van der Waals surface area contributed by atoms with Crippen molar-refractivity contribution in [3.05, 3.63) is 35.7 Å². The average Bonchev–Trinajstić information content (AvgIpc) is 3.06. The third kappa shape index (κ3) is 4.06. The number of nitrogens with one attached hydrogen (secondary N) is 1. The number of amides is 2. The van der Waals surface area contributed by atoms with Crippen LogP contribution in [0.4, 0.5) is 5.95 Å². The number of rotatable bonds is 5. The Labute approximate surface area is 144 Å². The molecule has 1 aliphatic heterocycles. The molecule has 1 aromatic heterocycles. The molecule has 0 saturated carbocycles. The molecule has 5 N–H and O–H groups in total. The lowest BCUT2D eigenvalue weighted by atomic mass is 9.96. The van der Waals surface area contributed by atoms with Gasteiger partial charge >= 0.3 is 0 Å². The van der Waals surface area contributed by atoms with Gasteiger partial charge in [0, 0.05) is 24.6 Å². The van der Waals surface area contributed by atoms with E-state index in [2.05, 4.69) is 15.2 Å². The molecule has 2 heterocycles. The second-order valence-corrected chi connectivity index (χ2v) is 5.91. The lowest BCUT2D eigenvalue weighted by Gasteiger charge is -2.30. The number of nitrogens with two attached hydrogens (primary N) is 2. The van der Waals surface area contributed by atoms with Crippen LogP contribution in [-0.4, -0.2) is 51.6 Å². The highest BCUT2D eigenvalue weighted by atomic mass is 16.5. The molecule has 1 saturated heterocycles. The molecular formula is C16H20N6O3. The minimum Gasteiger partial charge on any atom is -0.484 e. The molecule has 2 amide bonds. The number of primary amides is 1. The number of hydrogen-bond acceptors (Lipinski definition) is 6. The van der Waals surface area contributed by atoms with Crippen LogP contribution in [-0.2, 0) is 4.79 Å². The SMILES string of the molecule is NC(=O)c1ccc(OCC(=O)N2CCC(c3nc(N)n[nH]3)CC2)cc1. The number of aromatic amines is 1. The Kier molecular flexibility index (Phi) is 4.82. The maximum Gasteiger partial charge on any atom is 0.260 e. The van der Waals surface area contributed by atoms with Crippen LogP contribution in [0.25, 0.3) is 0 Å². The monoisotopic (exact) mass is 344 g/mol. The number of H-pyrrole nitrogens is 1. The number of anilines is 1. The number of nitrogen functional groups attached to an aromatic ring is 1. The van der Waals surface area contributed by atoms with Gasteiger partial charge in [0.1, 0.15) is 11.6 Å². The third-order valence-corrected chi connectivity index (χ3v) is 4.26. The van der Waals surface area contributed by atoms with E-state index in [1.54, 1.807) is 29.2 Å². The van der Waals surface area contributed by atoms with Crippen LogP contribution in [0.1, 0.15) is 34.9 Å². The fraction of sp³-hybridized carbons (Fsp3) is 0.375. The van der Waals surface area contributed by atoms with Gasteiger partial charge in [-0.15, -0.1) is 5.10 Å². The molecule has 3 rings (SSSR count). The summed E-state index contributed by atoms with van der Waals surface area (Å²) < 4.78 is 5.48. The molecule has 132 valence electrons. The summed E-state index contributed by atoms with van der Waals surface area (Å²) in [6, 6.07) is 6.37. The highest BCUT2D eigenvalue weighted by Gasteiger charge is 2.26. The van der Waals surface area contributed by atoms with Crippen LogP contribution >= 0.6 is 0 Å². The van der Waals surface area contributed by atoms with Gasteiger partial charge in [-0.25, -0.2) is 0 Å². The Bertz CT molecular complexity index is 749. The van der Waals surface area contributed by atoms with Crippen molar-refractivity contribution in [3.63, 3.8) is 0 Å².